The van der Waals surface area contributed by atoms with Gasteiger partial charge in [-0.3, -0.25) is 4.90 Å². The standard InChI is InChI=1S/C14H28N2S/c1-4-17-9-5-8-16-10-12(2)15-11-14(16,3)13-6-7-13/h12-13,15H,4-11H2,1-3H3. The maximum Gasteiger partial charge on any atom is 0.0334 e. The third-order valence-electron chi connectivity index (χ3n) is 4.40. The SMILES string of the molecule is CCSCCCN1CC(C)NCC1(C)C1CC1. The Morgan fingerprint density at radius 2 is 2.18 bits per heavy atom. The molecular formula is C14H28N2S. The highest BCUT2D eigenvalue weighted by Gasteiger charge is 2.47. The van der Waals surface area contributed by atoms with E-state index < -0.39 is 0 Å². The number of hydrogen-bond donors (Lipinski definition) is 1. The molecule has 0 amide bonds. The van der Waals surface area contributed by atoms with Gasteiger partial charge in [-0.25, -0.2) is 0 Å². The van der Waals surface area contributed by atoms with Crippen LogP contribution in [0.25, 0.3) is 0 Å². The summed E-state index contributed by atoms with van der Waals surface area (Å²) in [7, 11) is 0. The van der Waals surface area contributed by atoms with E-state index in [-0.39, 0.29) is 0 Å². The van der Waals surface area contributed by atoms with Crippen LogP contribution in [0.15, 0.2) is 0 Å². The van der Waals surface area contributed by atoms with Crippen LogP contribution in [0.1, 0.15) is 40.0 Å². The first-order valence-electron chi connectivity index (χ1n) is 7.23. The van der Waals surface area contributed by atoms with E-state index in [1.54, 1.807) is 0 Å². The van der Waals surface area contributed by atoms with Crippen molar-refractivity contribution in [2.45, 2.75) is 51.6 Å². The number of nitrogens with zero attached hydrogens (tertiary/aromatic N) is 1. The molecule has 2 nitrogen and oxygen atoms in total. The highest BCUT2D eigenvalue weighted by Crippen LogP contribution is 2.43. The van der Waals surface area contributed by atoms with Gasteiger partial charge in [-0.2, -0.15) is 11.8 Å². The summed E-state index contributed by atoms with van der Waals surface area (Å²) in [6.45, 7) is 10.8. The van der Waals surface area contributed by atoms with Gasteiger partial charge in [-0.05, 0) is 57.1 Å². The van der Waals surface area contributed by atoms with Gasteiger partial charge in [0.25, 0.3) is 0 Å². The fraction of sp³-hybridized carbons (Fsp3) is 1.00. The Balaban J connectivity index is 1.85. The molecule has 3 heteroatoms. The number of thioether (sulfide) groups is 1. The van der Waals surface area contributed by atoms with Gasteiger partial charge in [0.2, 0.25) is 0 Å². The first-order valence-corrected chi connectivity index (χ1v) is 8.38. The highest BCUT2D eigenvalue weighted by molar-refractivity contribution is 7.99. The second kappa shape index (κ2) is 5.94. The van der Waals surface area contributed by atoms with Crippen molar-refractivity contribution in [3.63, 3.8) is 0 Å². The normalized spacial score (nSPS) is 35.1. The van der Waals surface area contributed by atoms with Gasteiger partial charge in [0.1, 0.15) is 0 Å². The molecule has 2 rings (SSSR count). The molecule has 1 heterocycles. The minimum atomic E-state index is 0.448. The minimum absolute atomic E-state index is 0.448. The maximum absolute atomic E-state index is 3.68. The van der Waals surface area contributed by atoms with E-state index in [1.807, 2.05) is 0 Å². The third kappa shape index (κ3) is 3.39. The van der Waals surface area contributed by atoms with E-state index in [1.165, 1.54) is 50.4 Å². The summed E-state index contributed by atoms with van der Waals surface area (Å²) in [5.74, 6) is 3.55. The van der Waals surface area contributed by atoms with Crippen LogP contribution in [0.2, 0.25) is 0 Å². The number of rotatable bonds is 6. The largest absolute Gasteiger partial charge is 0.311 e. The third-order valence-corrected chi connectivity index (χ3v) is 5.39. The average Bonchev–Trinajstić information content (AvgIpc) is 3.13. The van der Waals surface area contributed by atoms with Gasteiger partial charge in [0.15, 0.2) is 0 Å². The van der Waals surface area contributed by atoms with Crippen LogP contribution >= 0.6 is 11.8 Å². The van der Waals surface area contributed by atoms with Crippen LogP contribution in [0.4, 0.5) is 0 Å². The lowest BCUT2D eigenvalue weighted by Gasteiger charge is -2.48. The zero-order valence-corrected chi connectivity index (χ0v) is 12.5. The molecular weight excluding hydrogens is 228 g/mol. The van der Waals surface area contributed by atoms with Gasteiger partial charge in [-0.15, -0.1) is 0 Å². The van der Waals surface area contributed by atoms with E-state index in [0.29, 0.717) is 11.6 Å². The smallest absolute Gasteiger partial charge is 0.0334 e. The second-order valence-corrected chi connectivity index (χ2v) is 7.30. The molecule has 0 bridgehead atoms. The van der Waals surface area contributed by atoms with Crippen molar-refractivity contribution in [3.05, 3.63) is 0 Å². The molecule has 1 saturated carbocycles. The summed E-state index contributed by atoms with van der Waals surface area (Å²) in [5.41, 5.74) is 0.448. The van der Waals surface area contributed by atoms with Crippen molar-refractivity contribution in [2.24, 2.45) is 5.92 Å². The van der Waals surface area contributed by atoms with Crippen molar-refractivity contribution in [2.75, 3.05) is 31.1 Å². The van der Waals surface area contributed by atoms with Crippen LogP contribution in [0.5, 0.6) is 0 Å². The van der Waals surface area contributed by atoms with E-state index in [4.69, 9.17) is 0 Å². The quantitative estimate of drug-likeness (QED) is 0.735. The monoisotopic (exact) mass is 256 g/mol. The molecule has 1 aliphatic heterocycles. The summed E-state index contributed by atoms with van der Waals surface area (Å²) in [6, 6.07) is 0.667. The van der Waals surface area contributed by atoms with Crippen molar-refractivity contribution in [1.29, 1.82) is 0 Å². The molecule has 0 aromatic carbocycles. The maximum atomic E-state index is 3.68. The van der Waals surface area contributed by atoms with Crippen molar-refractivity contribution in [1.82, 2.24) is 10.2 Å². The second-order valence-electron chi connectivity index (χ2n) is 5.91. The van der Waals surface area contributed by atoms with Gasteiger partial charge in [0, 0.05) is 24.7 Å². The van der Waals surface area contributed by atoms with Gasteiger partial charge in [-0.1, -0.05) is 6.92 Å². The van der Waals surface area contributed by atoms with E-state index in [0.717, 1.165) is 5.92 Å². The van der Waals surface area contributed by atoms with Gasteiger partial charge < -0.3 is 5.32 Å². The van der Waals surface area contributed by atoms with Crippen molar-refractivity contribution < 1.29 is 0 Å². The van der Waals surface area contributed by atoms with Gasteiger partial charge >= 0.3 is 0 Å². The molecule has 2 fully saturated rings. The lowest BCUT2D eigenvalue weighted by Crippen LogP contribution is -2.63. The van der Waals surface area contributed by atoms with Crippen LogP contribution in [0, 0.1) is 5.92 Å². The van der Waals surface area contributed by atoms with Crippen LogP contribution in [-0.2, 0) is 0 Å². The summed E-state index contributed by atoms with van der Waals surface area (Å²) in [4.78, 5) is 2.78. The zero-order chi connectivity index (χ0) is 12.3. The van der Waals surface area contributed by atoms with Crippen LogP contribution < -0.4 is 5.32 Å². The Hall–Kier alpha value is 0.270. The molecule has 1 N–H and O–H groups in total. The molecule has 0 aromatic heterocycles. The Kier molecular flexibility index (Phi) is 4.79. The van der Waals surface area contributed by atoms with E-state index >= 15 is 0 Å². The molecule has 0 radical (unpaired) electrons. The fourth-order valence-electron chi connectivity index (χ4n) is 3.05. The Morgan fingerprint density at radius 3 is 2.82 bits per heavy atom. The Labute approximate surface area is 111 Å². The predicted octanol–water partition coefficient (Wildman–Crippen LogP) is 2.59. The first-order chi connectivity index (χ1) is 8.16. The molecule has 0 aromatic rings. The van der Waals surface area contributed by atoms with E-state index in [2.05, 4.69) is 42.7 Å². The van der Waals surface area contributed by atoms with Crippen molar-refractivity contribution in [3.8, 4) is 0 Å². The topological polar surface area (TPSA) is 15.3 Å². The Bertz CT molecular complexity index is 242. The molecule has 1 aliphatic carbocycles. The zero-order valence-electron chi connectivity index (χ0n) is 11.7. The Morgan fingerprint density at radius 1 is 1.41 bits per heavy atom. The molecule has 2 atom stereocenters. The summed E-state index contributed by atoms with van der Waals surface area (Å²) >= 11 is 2.08. The minimum Gasteiger partial charge on any atom is -0.311 e. The lowest BCUT2D eigenvalue weighted by molar-refractivity contribution is 0.0388. The average molecular weight is 256 g/mol. The summed E-state index contributed by atoms with van der Waals surface area (Å²) in [5, 5.41) is 3.68. The van der Waals surface area contributed by atoms with Crippen molar-refractivity contribution >= 4 is 11.8 Å². The highest BCUT2D eigenvalue weighted by atomic mass is 32.2. The first kappa shape index (κ1) is 13.7. The lowest BCUT2D eigenvalue weighted by atomic mass is 9.89. The van der Waals surface area contributed by atoms with Crippen LogP contribution in [-0.4, -0.2) is 47.6 Å². The molecule has 2 unspecified atom stereocenters. The molecule has 17 heavy (non-hydrogen) atoms. The molecule has 2 aliphatic rings. The molecule has 1 saturated heterocycles. The number of hydrogen-bond acceptors (Lipinski definition) is 3. The number of nitrogens with one attached hydrogen (secondary N) is 1. The predicted molar refractivity (Wildman–Crippen MR) is 77.8 cm³/mol. The summed E-state index contributed by atoms with van der Waals surface area (Å²) in [6.07, 6.45) is 4.26. The number of piperazine rings is 1. The van der Waals surface area contributed by atoms with E-state index in [9.17, 15) is 0 Å². The van der Waals surface area contributed by atoms with Crippen LogP contribution in [0.3, 0.4) is 0 Å². The molecule has 100 valence electrons. The van der Waals surface area contributed by atoms with Gasteiger partial charge in [0.05, 0.1) is 0 Å². The summed E-state index contributed by atoms with van der Waals surface area (Å²) < 4.78 is 0. The fourth-order valence-corrected chi connectivity index (χ4v) is 3.67. The molecule has 0 spiro atoms.